The van der Waals surface area contributed by atoms with Gasteiger partial charge in [-0.2, -0.15) is 5.10 Å². The summed E-state index contributed by atoms with van der Waals surface area (Å²) in [5.74, 6) is -0.403. The van der Waals surface area contributed by atoms with E-state index in [0.717, 1.165) is 6.07 Å². The Hall–Kier alpha value is -1.96. The molecule has 0 fully saturated rings. The second-order valence-electron chi connectivity index (χ2n) is 3.80. The maximum atomic E-state index is 13.2. The lowest BCUT2D eigenvalue weighted by molar-refractivity contribution is -0.386. The number of benzene rings is 1. The maximum Gasteiger partial charge on any atom is 0.353 e. The molecule has 0 aliphatic carbocycles. The Morgan fingerprint density at radius 1 is 1.53 bits per heavy atom. The third-order valence-corrected chi connectivity index (χ3v) is 3.08. The average Bonchev–Trinajstić information content (AvgIpc) is 2.59. The molecule has 0 aliphatic heterocycles. The summed E-state index contributed by atoms with van der Waals surface area (Å²) in [6.45, 7) is 1.51. The molecular weight excluding hydrogens is 321 g/mol. The van der Waals surface area contributed by atoms with E-state index in [2.05, 4.69) is 21.0 Å². The third-order valence-electron chi connectivity index (χ3n) is 2.42. The summed E-state index contributed by atoms with van der Waals surface area (Å²) in [5.41, 5.74) is -0.00585. The van der Waals surface area contributed by atoms with E-state index in [1.54, 1.807) is 0 Å². The van der Waals surface area contributed by atoms with Gasteiger partial charge >= 0.3 is 5.69 Å². The highest BCUT2D eigenvalue weighted by molar-refractivity contribution is 9.10. The lowest BCUT2D eigenvalue weighted by atomic mass is 10.3. The summed E-state index contributed by atoms with van der Waals surface area (Å²) >= 11 is 3.19. The van der Waals surface area contributed by atoms with Crippen molar-refractivity contribution in [1.29, 1.82) is 0 Å². The quantitative estimate of drug-likeness (QED) is 0.639. The molecule has 6 nitrogen and oxygen atoms in total. The molecule has 2 rings (SSSR count). The number of aryl methyl sites for hydroxylation is 2. The molecule has 0 radical (unpaired) electrons. The molecule has 8 heteroatoms. The van der Waals surface area contributed by atoms with E-state index in [0.29, 0.717) is 4.47 Å². The van der Waals surface area contributed by atoms with Gasteiger partial charge in [-0.15, -0.1) is 0 Å². The summed E-state index contributed by atoms with van der Waals surface area (Å²) in [6, 6.07) is 3.84. The van der Waals surface area contributed by atoms with Gasteiger partial charge in [-0.1, -0.05) is 0 Å². The number of aromatic nitrogens is 2. The third kappa shape index (κ3) is 2.58. The van der Waals surface area contributed by atoms with Crippen molar-refractivity contribution < 1.29 is 14.1 Å². The smallest absolute Gasteiger partial charge is 0.353 e. The van der Waals surface area contributed by atoms with Gasteiger partial charge in [0, 0.05) is 13.1 Å². The Morgan fingerprint density at radius 3 is 2.84 bits per heavy atom. The number of halogens is 2. The number of nitrogens with zero attached hydrogens (tertiary/aromatic N) is 3. The summed E-state index contributed by atoms with van der Waals surface area (Å²) in [7, 11) is 1.52. The molecule has 0 bridgehead atoms. The molecule has 1 heterocycles. The van der Waals surface area contributed by atoms with Crippen molar-refractivity contribution in [2.24, 2.45) is 7.05 Å². The van der Waals surface area contributed by atoms with Crippen molar-refractivity contribution in [3.8, 4) is 11.6 Å². The van der Waals surface area contributed by atoms with Gasteiger partial charge in [-0.25, -0.2) is 9.07 Å². The molecule has 100 valence electrons. The van der Waals surface area contributed by atoms with Crippen LogP contribution in [0.5, 0.6) is 11.6 Å². The minimum absolute atomic E-state index is 0.0474. The zero-order valence-corrected chi connectivity index (χ0v) is 11.6. The zero-order valence-electron chi connectivity index (χ0n) is 10.1. The van der Waals surface area contributed by atoms with Crippen LogP contribution in [-0.2, 0) is 7.05 Å². The predicted octanol–water partition coefficient (Wildman–Crippen LogP) is 3.33. The Kier molecular flexibility index (Phi) is 3.52. The first kappa shape index (κ1) is 13.5. The molecule has 19 heavy (non-hydrogen) atoms. The van der Waals surface area contributed by atoms with Gasteiger partial charge in [0.15, 0.2) is 0 Å². The lowest BCUT2D eigenvalue weighted by Crippen LogP contribution is -1.98. The summed E-state index contributed by atoms with van der Waals surface area (Å²) in [6.07, 6.45) is 0. The first-order valence-corrected chi connectivity index (χ1v) is 6.00. The van der Waals surface area contributed by atoms with Crippen LogP contribution in [0.25, 0.3) is 0 Å². The van der Waals surface area contributed by atoms with E-state index in [-0.39, 0.29) is 23.0 Å². The minimum atomic E-state index is -0.579. The van der Waals surface area contributed by atoms with Crippen molar-refractivity contribution in [2.75, 3.05) is 0 Å². The largest absolute Gasteiger partial charge is 0.433 e. The Balaban J connectivity index is 2.49. The fourth-order valence-electron chi connectivity index (χ4n) is 1.61. The molecule has 0 aliphatic rings. The van der Waals surface area contributed by atoms with E-state index >= 15 is 0 Å². The Morgan fingerprint density at radius 2 is 2.21 bits per heavy atom. The number of rotatable bonds is 3. The highest BCUT2D eigenvalue weighted by Gasteiger charge is 2.26. The highest BCUT2D eigenvalue weighted by atomic mass is 79.9. The van der Waals surface area contributed by atoms with E-state index in [9.17, 15) is 14.5 Å². The van der Waals surface area contributed by atoms with Crippen LogP contribution in [0.2, 0.25) is 0 Å². The highest BCUT2D eigenvalue weighted by Crippen LogP contribution is 2.36. The van der Waals surface area contributed by atoms with Gasteiger partial charge in [0.2, 0.25) is 0 Å². The first-order valence-electron chi connectivity index (χ1n) is 5.21. The van der Waals surface area contributed by atoms with E-state index in [1.807, 2.05) is 0 Å². The van der Waals surface area contributed by atoms with Crippen LogP contribution in [0.3, 0.4) is 0 Å². The van der Waals surface area contributed by atoms with Crippen molar-refractivity contribution in [3.63, 3.8) is 0 Å². The standard InChI is InChI=1S/C11H9BrFN3O3/c1-6-10(16(17)18)11(15(2)14-6)19-9-5-7(13)3-4-8(9)12/h3-5H,1-2H3. The molecule has 1 aromatic heterocycles. The second kappa shape index (κ2) is 4.96. The summed E-state index contributed by atoms with van der Waals surface area (Å²) in [4.78, 5) is 10.4. The Bertz CT molecular complexity index is 657. The second-order valence-corrected chi connectivity index (χ2v) is 4.65. The number of nitro groups is 1. The van der Waals surface area contributed by atoms with Crippen LogP contribution < -0.4 is 4.74 Å². The molecule has 1 aromatic carbocycles. The van der Waals surface area contributed by atoms with Gasteiger partial charge in [0.25, 0.3) is 5.88 Å². The van der Waals surface area contributed by atoms with Crippen LogP contribution in [0, 0.1) is 22.9 Å². The molecule has 0 spiro atoms. The normalized spacial score (nSPS) is 10.5. The monoisotopic (exact) mass is 329 g/mol. The number of ether oxygens (including phenoxy) is 1. The zero-order chi connectivity index (χ0) is 14.2. The molecule has 0 amide bonds. The Labute approximate surface area is 116 Å². The fourth-order valence-corrected chi connectivity index (χ4v) is 1.94. The molecule has 2 aromatic rings. The van der Waals surface area contributed by atoms with Crippen molar-refractivity contribution in [2.45, 2.75) is 6.92 Å². The predicted molar refractivity (Wildman–Crippen MR) is 68.8 cm³/mol. The van der Waals surface area contributed by atoms with Crippen LogP contribution in [0.1, 0.15) is 5.69 Å². The average molecular weight is 330 g/mol. The van der Waals surface area contributed by atoms with Gasteiger partial charge < -0.3 is 4.74 Å². The SMILES string of the molecule is Cc1nn(C)c(Oc2cc(F)ccc2Br)c1[N+](=O)[O-]. The lowest BCUT2D eigenvalue weighted by Gasteiger charge is -2.07. The molecule has 0 atom stereocenters. The van der Waals surface area contributed by atoms with Gasteiger partial charge in [-0.05, 0) is 35.0 Å². The summed E-state index contributed by atoms with van der Waals surface area (Å²) in [5, 5.41) is 14.9. The van der Waals surface area contributed by atoms with Crippen molar-refractivity contribution >= 4 is 21.6 Å². The number of hydrogen-bond acceptors (Lipinski definition) is 4. The minimum Gasteiger partial charge on any atom is -0.433 e. The fraction of sp³-hybridized carbons (Fsp3) is 0.182. The van der Waals surface area contributed by atoms with Crippen LogP contribution in [0.4, 0.5) is 10.1 Å². The molecule has 0 N–H and O–H groups in total. The molecule has 0 unspecified atom stereocenters. The molecule has 0 saturated carbocycles. The van der Waals surface area contributed by atoms with E-state index in [4.69, 9.17) is 4.74 Å². The van der Waals surface area contributed by atoms with Crippen LogP contribution in [0.15, 0.2) is 22.7 Å². The van der Waals surface area contributed by atoms with Gasteiger partial charge in [0.1, 0.15) is 17.3 Å². The van der Waals surface area contributed by atoms with Gasteiger partial charge in [0.05, 0.1) is 9.40 Å². The van der Waals surface area contributed by atoms with Crippen molar-refractivity contribution in [1.82, 2.24) is 9.78 Å². The maximum absolute atomic E-state index is 13.2. The number of hydrogen-bond donors (Lipinski definition) is 0. The van der Waals surface area contributed by atoms with E-state index in [1.165, 1.54) is 30.8 Å². The summed E-state index contributed by atoms with van der Waals surface area (Å²) < 4.78 is 20.3. The van der Waals surface area contributed by atoms with Crippen LogP contribution in [-0.4, -0.2) is 14.7 Å². The van der Waals surface area contributed by atoms with Gasteiger partial charge in [-0.3, -0.25) is 10.1 Å². The van der Waals surface area contributed by atoms with E-state index < -0.39 is 10.7 Å². The first-order chi connectivity index (χ1) is 8.90. The van der Waals surface area contributed by atoms with Crippen LogP contribution >= 0.6 is 15.9 Å². The molecule has 0 saturated heterocycles. The molecular formula is C11H9BrFN3O3. The van der Waals surface area contributed by atoms with Crippen molar-refractivity contribution in [3.05, 3.63) is 44.3 Å². The topological polar surface area (TPSA) is 70.2 Å².